The van der Waals surface area contributed by atoms with Crippen molar-refractivity contribution in [1.29, 1.82) is 0 Å². The summed E-state index contributed by atoms with van der Waals surface area (Å²) in [5, 5.41) is 11.4. The van der Waals surface area contributed by atoms with Crippen LogP contribution in [0.4, 0.5) is 0 Å². The van der Waals surface area contributed by atoms with E-state index in [1.165, 1.54) is 0 Å². The molecule has 0 aromatic carbocycles. The molecule has 0 bridgehead atoms. The van der Waals surface area contributed by atoms with Crippen molar-refractivity contribution >= 4 is 5.91 Å². The Bertz CT molecular complexity index is 864. The number of nitrogens with one attached hydrogen (secondary N) is 1. The lowest BCUT2D eigenvalue weighted by Gasteiger charge is -2.35. The number of aryl methyl sites for hydroxylation is 2. The molecule has 1 atom stereocenters. The Balaban J connectivity index is 1.47. The Labute approximate surface area is 152 Å². The number of rotatable bonds is 5. The first kappa shape index (κ1) is 16.6. The van der Waals surface area contributed by atoms with Crippen LogP contribution < -0.4 is 0 Å². The molecule has 1 unspecified atom stereocenters. The largest absolute Gasteiger partial charge is 0.460 e. The molecule has 1 N–H and O–H groups in total. The quantitative estimate of drug-likeness (QED) is 0.763. The van der Waals surface area contributed by atoms with Crippen molar-refractivity contribution in [3.8, 4) is 11.5 Å². The third kappa shape index (κ3) is 3.42. The van der Waals surface area contributed by atoms with Gasteiger partial charge < -0.3 is 9.32 Å². The molecule has 4 rings (SSSR count). The van der Waals surface area contributed by atoms with Crippen LogP contribution in [0.5, 0.6) is 0 Å². The predicted molar refractivity (Wildman–Crippen MR) is 96.5 cm³/mol. The smallest absolute Gasteiger partial charge is 0.274 e. The molecule has 1 aliphatic rings. The van der Waals surface area contributed by atoms with E-state index < -0.39 is 0 Å². The van der Waals surface area contributed by atoms with Gasteiger partial charge in [-0.15, -0.1) is 0 Å². The lowest BCUT2D eigenvalue weighted by Crippen LogP contribution is -2.44. The summed E-state index contributed by atoms with van der Waals surface area (Å²) in [5.74, 6) is 1.51. The van der Waals surface area contributed by atoms with Crippen molar-refractivity contribution in [2.75, 3.05) is 6.54 Å². The molecule has 1 saturated heterocycles. The van der Waals surface area contributed by atoms with E-state index in [1.54, 1.807) is 12.3 Å². The number of carbonyl (C=O) groups excluding carboxylic acids is 1. The molecule has 1 fully saturated rings. The standard InChI is InChI=1S/C19H23N5O2/c1-14-6-7-18(26-14)16-13-17(22-21-16)19(25)24-11-3-2-5-15(24)8-12-23-10-4-9-20-23/h4,6-7,9-10,13,15H,2-3,5,8,11-12H2,1H3,(H,21,22). The molecule has 3 aromatic heterocycles. The van der Waals surface area contributed by atoms with Crippen LogP contribution in [-0.4, -0.2) is 43.4 Å². The summed E-state index contributed by atoms with van der Waals surface area (Å²) in [6.07, 6.45) is 7.87. The number of aromatic amines is 1. The second-order valence-corrected chi connectivity index (χ2v) is 6.78. The number of H-pyrrole nitrogens is 1. The van der Waals surface area contributed by atoms with Crippen molar-refractivity contribution in [1.82, 2.24) is 24.9 Å². The summed E-state index contributed by atoms with van der Waals surface area (Å²) in [7, 11) is 0. The first-order valence-electron chi connectivity index (χ1n) is 9.11. The zero-order valence-electron chi connectivity index (χ0n) is 14.9. The predicted octanol–water partition coefficient (Wildman–Crippen LogP) is 3.26. The average Bonchev–Trinajstić information content (AvgIpc) is 3.41. The van der Waals surface area contributed by atoms with Gasteiger partial charge in [0.2, 0.25) is 0 Å². The molecule has 1 aliphatic heterocycles. The van der Waals surface area contributed by atoms with Gasteiger partial charge in [-0.05, 0) is 50.8 Å². The number of hydrogen-bond donors (Lipinski definition) is 1. The minimum Gasteiger partial charge on any atom is -0.460 e. The number of aromatic nitrogens is 4. The van der Waals surface area contributed by atoms with E-state index in [0.29, 0.717) is 11.5 Å². The minimum absolute atomic E-state index is 0.0130. The molecule has 0 radical (unpaired) electrons. The van der Waals surface area contributed by atoms with E-state index >= 15 is 0 Å². The van der Waals surface area contributed by atoms with Gasteiger partial charge in [-0.3, -0.25) is 14.6 Å². The third-order valence-electron chi connectivity index (χ3n) is 4.94. The monoisotopic (exact) mass is 353 g/mol. The van der Waals surface area contributed by atoms with Crippen LogP contribution in [0, 0.1) is 6.92 Å². The summed E-state index contributed by atoms with van der Waals surface area (Å²) in [4.78, 5) is 15.0. The molecule has 26 heavy (non-hydrogen) atoms. The van der Waals surface area contributed by atoms with Gasteiger partial charge in [-0.25, -0.2) is 0 Å². The Hall–Kier alpha value is -2.83. The zero-order valence-corrected chi connectivity index (χ0v) is 14.9. The van der Waals surface area contributed by atoms with Crippen LogP contribution in [0.2, 0.25) is 0 Å². The van der Waals surface area contributed by atoms with Crippen LogP contribution in [0.3, 0.4) is 0 Å². The van der Waals surface area contributed by atoms with E-state index in [2.05, 4.69) is 15.3 Å². The maximum absolute atomic E-state index is 13.0. The van der Waals surface area contributed by atoms with Gasteiger partial charge in [0.1, 0.15) is 11.5 Å². The Morgan fingerprint density at radius 3 is 3.08 bits per heavy atom. The van der Waals surface area contributed by atoms with Crippen molar-refractivity contribution in [3.63, 3.8) is 0 Å². The van der Waals surface area contributed by atoms with Crippen molar-refractivity contribution in [2.24, 2.45) is 0 Å². The first-order valence-corrected chi connectivity index (χ1v) is 9.11. The fourth-order valence-corrected chi connectivity index (χ4v) is 3.57. The molecule has 7 heteroatoms. The molecule has 136 valence electrons. The summed E-state index contributed by atoms with van der Waals surface area (Å²) >= 11 is 0. The topological polar surface area (TPSA) is 80.0 Å². The third-order valence-corrected chi connectivity index (χ3v) is 4.94. The van der Waals surface area contributed by atoms with E-state index in [4.69, 9.17) is 4.42 Å². The van der Waals surface area contributed by atoms with Crippen molar-refractivity contribution in [2.45, 2.75) is 45.2 Å². The van der Waals surface area contributed by atoms with Gasteiger partial charge in [0.25, 0.3) is 5.91 Å². The highest BCUT2D eigenvalue weighted by Gasteiger charge is 2.29. The Kier molecular flexibility index (Phi) is 4.60. The number of hydrogen-bond acceptors (Lipinski definition) is 4. The van der Waals surface area contributed by atoms with Crippen LogP contribution in [0.15, 0.2) is 41.1 Å². The van der Waals surface area contributed by atoms with Gasteiger partial charge in [-0.1, -0.05) is 0 Å². The number of furan rings is 1. The minimum atomic E-state index is -0.0130. The van der Waals surface area contributed by atoms with E-state index in [9.17, 15) is 4.79 Å². The zero-order chi connectivity index (χ0) is 17.9. The van der Waals surface area contributed by atoms with Crippen molar-refractivity contribution < 1.29 is 9.21 Å². The number of carbonyl (C=O) groups is 1. The van der Waals surface area contributed by atoms with Gasteiger partial charge in [0.15, 0.2) is 11.5 Å². The molecular formula is C19H23N5O2. The highest BCUT2D eigenvalue weighted by molar-refractivity contribution is 5.93. The summed E-state index contributed by atoms with van der Waals surface area (Å²) in [6.45, 7) is 3.49. The lowest BCUT2D eigenvalue weighted by atomic mass is 9.99. The van der Waals surface area contributed by atoms with Gasteiger partial charge in [0.05, 0.1) is 0 Å². The highest BCUT2D eigenvalue weighted by atomic mass is 16.3. The van der Waals surface area contributed by atoms with E-state index in [-0.39, 0.29) is 11.9 Å². The molecule has 3 aromatic rings. The van der Waals surface area contributed by atoms with Crippen LogP contribution in [-0.2, 0) is 6.54 Å². The fourth-order valence-electron chi connectivity index (χ4n) is 3.57. The molecule has 4 heterocycles. The van der Waals surface area contributed by atoms with Gasteiger partial charge >= 0.3 is 0 Å². The number of piperidine rings is 1. The summed E-state index contributed by atoms with van der Waals surface area (Å²) in [6, 6.07) is 7.70. The molecule has 1 amide bonds. The van der Waals surface area contributed by atoms with Gasteiger partial charge in [0, 0.05) is 37.6 Å². The number of amides is 1. The summed E-state index contributed by atoms with van der Waals surface area (Å²) < 4.78 is 7.52. The normalized spacial score (nSPS) is 17.6. The molecule has 0 saturated carbocycles. The van der Waals surface area contributed by atoms with Gasteiger partial charge in [-0.2, -0.15) is 10.2 Å². The SMILES string of the molecule is Cc1ccc(-c2cc(C(=O)N3CCCCC3CCn3cccn3)n[nH]2)o1. The highest BCUT2D eigenvalue weighted by Crippen LogP contribution is 2.24. The average molecular weight is 353 g/mol. The molecular weight excluding hydrogens is 330 g/mol. The van der Waals surface area contributed by atoms with E-state index in [0.717, 1.165) is 50.2 Å². The van der Waals surface area contributed by atoms with Crippen LogP contribution in [0.25, 0.3) is 11.5 Å². The molecule has 0 spiro atoms. The molecule has 7 nitrogen and oxygen atoms in total. The maximum Gasteiger partial charge on any atom is 0.274 e. The summed E-state index contributed by atoms with van der Waals surface area (Å²) in [5.41, 5.74) is 1.17. The number of likely N-dealkylation sites (tertiary alicyclic amines) is 1. The first-order chi connectivity index (χ1) is 12.7. The molecule has 0 aliphatic carbocycles. The second kappa shape index (κ2) is 7.19. The Morgan fingerprint density at radius 1 is 1.38 bits per heavy atom. The fraction of sp³-hybridized carbons (Fsp3) is 0.421. The van der Waals surface area contributed by atoms with Crippen LogP contribution >= 0.6 is 0 Å². The maximum atomic E-state index is 13.0. The second-order valence-electron chi connectivity index (χ2n) is 6.78. The number of nitrogens with zero attached hydrogens (tertiary/aromatic N) is 4. The van der Waals surface area contributed by atoms with Crippen LogP contribution in [0.1, 0.15) is 41.9 Å². The van der Waals surface area contributed by atoms with E-state index in [1.807, 2.05) is 40.9 Å². The Morgan fingerprint density at radius 2 is 2.31 bits per heavy atom. The van der Waals surface area contributed by atoms with Crippen molar-refractivity contribution in [3.05, 3.63) is 48.1 Å². The lowest BCUT2D eigenvalue weighted by molar-refractivity contribution is 0.0588.